The van der Waals surface area contributed by atoms with Crippen molar-refractivity contribution >= 4 is 11.3 Å². The lowest BCUT2D eigenvalue weighted by Crippen LogP contribution is -2.24. The van der Waals surface area contributed by atoms with E-state index in [1.807, 2.05) is 11.3 Å². The molecule has 0 aromatic carbocycles. The van der Waals surface area contributed by atoms with E-state index in [4.69, 9.17) is 4.74 Å². The van der Waals surface area contributed by atoms with Gasteiger partial charge in [-0.1, -0.05) is 0 Å². The standard InChI is InChI=1S/C13H21NOS/c1-10-8-16-9-12(10)13(14-2)7-11-3-5-15-6-4-11/h8-9,11,13-14H,3-7H2,1-2H3. The Morgan fingerprint density at radius 3 is 2.75 bits per heavy atom. The Labute approximate surface area is 102 Å². The summed E-state index contributed by atoms with van der Waals surface area (Å²) >= 11 is 1.81. The zero-order valence-electron chi connectivity index (χ0n) is 10.2. The van der Waals surface area contributed by atoms with Crippen LogP contribution in [-0.4, -0.2) is 20.3 Å². The Hall–Kier alpha value is -0.380. The molecule has 2 heterocycles. The maximum absolute atomic E-state index is 5.41. The Morgan fingerprint density at radius 1 is 1.44 bits per heavy atom. The lowest BCUT2D eigenvalue weighted by atomic mass is 9.89. The van der Waals surface area contributed by atoms with Gasteiger partial charge in [0.15, 0.2) is 0 Å². The van der Waals surface area contributed by atoms with Crippen LogP contribution in [0.15, 0.2) is 10.8 Å². The maximum Gasteiger partial charge on any atom is 0.0468 e. The van der Waals surface area contributed by atoms with Crippen molar-refractivity contribution in [1.82, 2.24) is 5.32 Å². The number of aryl methyl sites for hydroxylation is 1. The van der Waals surface area contributed by atoms with Gasteiger partial charge in [-0.15, -0.1) is 0 Å². The minimum Gasteiger partial charge on any atom is -0.381 e. The van der Waals surface area contributed by atoms with Crippen LogP contribution in [0.5, 0.6) is 0 Å². The summed E-state index contributed by atoms with van der Waals surface area (Å²) in [5.74, 6) is 0.825. The van der Waals surface area contributed by atoms with Gasteiger partial charge in [0.2, 0.25) is 0 Å². The smallest absolute Gasteiger partial charge is 0.0468 e. The molecule has 0 radical (unpaired) electrons. The van der Waals surface area contributed by atoms with Crippen molar-refractivity contribution in [2.24, 2.45) is 5.92 Å². The second kappa shape index (κ2) is 5.80. The van der Waals surface area contributed by atoms with E-state index in [1.165, 1.54) is 30.4 Å². The van der Waals surface area contributed by atoms with Gasteiger partial charge < -0.3 is 10.1 Å². The van der Waals surface area contributed by atoms with Crippen LogP contribution < -0.4 is 5.32 Å². The molecule has 3 heteroatoms. The first-order chi connectivity index (χ1) is 7.81. The summed E-state index contributed by atoms with van der Waals surface area (Å²) in [4.78, 5) is 0. The first-order valence-electron chi connectivity index (χ1n) is 6.09. The molecule has 1 unspecified atom stereocenters. The highest BCUT2D eigenvalue weighted by Crippen LogP contribution is 2.30. The monoisotopic (exact) mass is 239 g/mol. The maximum atomic E-state index is 5.41. The molecular weight excluding hydrogens is 218 g/mol. The van der Waals surface area contributed by atoms with Gasteiger partial charge in [-0.2, -0.15) is 11.3 Å². The van der Waals surface area contributed by atoms with Gasteiger partial charge in [0.25, 0.3) is 0 Å². The third kappa shape index (κ3) is 2.84. The first kappa shape index (κ1) is 12.1. The van der Waals surface area contributed by atoms with Crippen LogP contribution in [0, 0.1) is 12.8 Å². The van der Waals surface area contributed by atoms with E-state index in [0.29, 0.717) is 6.04 Å². The van der Waals surface area contributed by atoms with E-state index in [-0.39, 0.29) is 0 Å². The molecule has 1 atom stereocenters. The normalized spacial score (nSPS) is 19.9. The Morgan fingerprint density at radius 2 is 2.19 bits per heavy atom. The van der Waals surface area contributed by atoms with Crippen molar-refractivity contribution in [3.05, 3.63) is 21.9 Å². The predicted molar refractivity (Wildman–Crippen MR) is 69.0 cm³/mol. The third-order valence-electron chi connectivity index (χ3n) is 3.53. The minimum absolute atomic E-state index is 0.523. The largest absolute Gasteiger partial charge is 0.381 e. The van der Waals surface area contributed by atoms with Crippen molar-refractivity contribution in [1.29, 1.82) is 0 Å². The van der Waals surface area contributed by atoms with Gasteiger partial charge in [0.1, 0.15) is 0 Å². The summed E-state index contributed by atoms with van der Waals surface area (Å²) in [6, 6.07) is 0.523. The second-order valence-corrected chi connectivity index (χ2v) is 5.39. The van der Waals surface area contributed by atoms with Crippen LogP contribution in [0.1, 0.15) is 36.4 Å². The van der Waals surface area contributed by atoms with Gasteiger partial charge in [0, 0.05) is 19.3 Å². The highest BCUT2D eigenvalue weighted by molar-refractivity contribution is 7.08. The van der Waals surface area contributed by atoms with Crippen LogP contribution in [0.2, 0.25) is 0 Å². The Bertz CT molecular complexity index is 317. The van der Waals surface area contributed by atoms with E-state index in [2.05, 4.69) is 30.0 Å². The van der Waals surface area contributed by atoms with Crippen LogP contribution >= 0.6 is 11.3 Å². The molecule has 16 heavy (non-hydrogen) atoms. The summed E-state index contributed by atoms with van der Waals surface area (Å²) in [6.07, 6.45) is 3.69. The number of hydrogen-bond donors (Lipinski definition) is 1. The molecule has 90 valence electrons. The molecule has 1 fully saturated rings. The topological polar surface area (TPSA) is 21.3 Å². The van der Waals surface area contributed by atoms with E-state index >= 15 is 0 Å². The highest BCUT2D eigenvalue weighted by atomic mass is 32.1. The third-order valence-corrected chi connectivity index (χ3v) is 4.41. The van der Waals surface area contributed by atoms with Crippen molar-refractivity contribution in [3.63, 3.8) is 0 Å². The fourth-order valence-corrected chi connectivity index (χ4v) is 3.35. The molecule has 1 N–H and O–H groups in total. The highest BCUT2D eigenvalue weighted by Gasteiger charge is 2.20. The quantitative estimate of drug-likeness (QED) is 0.871. The number of ether oxygens (including phenoxy) is 1. The Balaban J connectivity index is 1.97. The lowest BCUT2D eigenvalue weighted by molar-refractivity contribution is 0.0608. The van der Waals surface area contributed by atoms with Crippen molar-refractivity contribution < 1.29 is 4.74 Å². The summed E-state index contributed by atoms with van der Waals surface area (Å²) in [7, 11) is 2.07. The SMILES string of the molecule is CNC(CC1CCOCC1)c1cscc1C. The van der Waals surface area contributed by atoms with Gasteiger partial charge >= 0.3 is 0 Å². The summed E-state index contributed by atoms with van der Waals surface area (Å²) in [5.41, 5.74) is 2.91. The first-order valence-corrected chi connectivity index (χ1v) is 7.03. The average molecular weight is 239 g/mol. The van der Waals surface area contributed by atoms with Gasteiger partial charge in [-0.25, -0.2) is 0 Å². The van der Waals surface area contributed by atoms with Gasteiger partial charge in [-0.05, 0) is 61.0 Å². The van der Waals surface area contributed by atoms with Crippen LogP contribution in [-0.2, 0) is 4.74 Å². The van der Waals surface area contributed by atoms with E-state index < -0.39 is 0 Å². The zero-order valence-corrected chi connectivity index (χ0v) is 11.0. The molecule has 2 nitrogen and oxygen atoms in total. The number of rotatable bonds is 4. The molecule has 1 aromatic rings. The van der Waals surface area contributed by atoms with Gasteiger partial charge in [0.05, 0.1) is 0 Å². The molecule has 0 amide bonds. The summed E-state index contributed by atoms with van der Waals surface area (Å²) in [6.45, 7) is 4.10. The molecule has 1 aliphatic heterocycles. The summed E-state index contributed by atoms with van der Waals surface area (Å²) in [5, 5.41) is 7.99. The van der Waals surface area contributed by atoms with Gasteiger partial charge in [-0.3, -0.25) is 0 Å². The predicted octanol–water partition coefficient (Wildman–Crippen LogP) is 3.13. The van der Waals surface area contributed by atoms with Crippen molar-refractivity contribution in [2.45, 2.75) is 32.2 Å². The van der Waals surface area contributed by atoms with Crippen molar-refractivity contribution in [3.8, 4) is 0 Å². The van der Waals surface area contributed by atoms with E-state index in [1.54, 1.807) is 0 Å². The zero-order chi connectivity index (χ0) is 11.4. The molecule has 2 rings (SSSR count). The molecule has 1 aromatic heterocycles. The molecule has 0 saturated carbocycles. The lowest BCUT2D eigenvalue weighted by Gasteiger charge is -2.26. The van der Waals surface area contributed by atoms with Crippen molar-refractivity contribution in [2.75, 3.05) is 20.3 Å². The van der Waals surface area contributed by atoms with Crippen LogP contribution in [0.4, 0.5) is 0 Å². The molecule has 0 aliphatic carbocycles. The number of thiophene rings is 1. The number of nitrogens with one attached hydrogen (secondary N) is 1. The fraction of sp³-hybridized carbons (Fsp3) is 0.692. The fourth-order valence-electron chi connectivity index (χ4n) is 2.44. The molecule has 1 aliphatic rings. The second-order valence-electron chi connectivity index (χ2n) is 4.64. The van der Waals surface area contributed by atoms with E-state index in [9.17, 15) is 0 Å². The Kier molecular flexibility index (Phi) is 4.38. The molecule has 1 saturated heterocycles. The molecular formula is C13H21NOS. The van der Waals surface area contributed by atoms with E-state index in [0.717, 1.165) is 19.1 Å². The average Bonchev–Trinajstić information content (AvgIpc) is 2.74. The molecule has 0 spiro atoms. The van der Waals surface area contributed by atoms with Crippen LogP contribution in [0.25, 0.3) is 0 Å². The minimum atomic E-state index is 0.523. The summed E-state index contributed by atoms with van der Waals surface area (Å²) < 4.78 is 5.41. The van der Waals surface area contributed by atoms with Crippen LogP contribution in [0.3, 0.4) is 0 Å². The molecule has 0 bridgehead atoms. The number of hydrogen-bond acceptors (Lipinski definition) is 3.